The average molecular weight is 470 g/mol. The molecule has 0 N–H and O–H groups in total. The minimum Gasteiger partial charge on any atom is -0.495 e. The lowest BCUT2D eigenvalue weighted by molar-refractivity contribution is -0.131. The smallest absolute Gasteiger partial charge is 0.247 e. The van der Waals surface area contributed by atoms with Gasteiger partial charge >= 0.3 is 0 Å². The Morgan fingerprint density at radius 3 is 2.48 bits per heavy atom. The molecule has 0 aliphatic carbocycles. The van der Waals surface area contributed by atoms with Gasteiger partial charge in [0.15, 0.2) is 0 Å². The van der Waals surface area contributed by atoms with E-state index in [1.807, 2.05) is 18.2 Å². The first-order valence-electron chi connectivity index (χ1n) is 9.88. The lowest BCUT2D eigenvalue weighted by Gasteiger charge is -2.37. The predicted octanol–water partition coefficient (Wildman–Crippen LogP) is 2.85. The molecule has 0 unspecified atom stereocenters. The number of hydrogen-bond acceptors (Lipinski definition) is 5. The second kappa shape index (κ2) is 9.84. The fraction of sp³-hybridized carbons (Fsp3) is 0.381. The largest absolute Gasteiger partial charge is 0.495 e. The number of anilines is 1. The molecule has 0 atom stereocenters. The van der Waals surface area contributed by atoms with Crippen molar-refractivity contribution < 1.29 is 22.3 Å². The van der Waals surface area contributed by atoms with Gasteiger partial charge in [-0.05, 0) is 36.4 Å². The molecule has 2 aromatic carbocycles. The van der Waals surface area contributed by atoms with Crippen LogP contribution in [0.1, 0.15) is 6.92 Å². The molecule has 1 fully saturated rings. The zero-order valence-corrected chi connectivity index (χ0v) is 19.0. The molecule has 1 aliphatic heterocycles. The molecule has 0 radical (unpaired) electrons. The first kappa shape index (κ1) is 23.3. The number of carbonyl (C=O) groups is 1. The minimum absolute atomic E-state index is 0.0300. The van der Waals surface area contributed by atoms with E-state index < -0.39 is 15.8 Å². The molecule has 1 aliphatic rings. The van der Waals surface area contributed by atoms with E-state index in [4.69, 9.17) is 16.3 Å². The molecule has 0 aromatic heterocycles. The second-order valence-corrected chi connectivity index (χ2v) is 9.42. The molecular formula is C21H25ClFN3O4S. The Balaban J connectivity index is 1.68. The predicted molar refractivity (Wildman–Crippen MR) is 118 cm³/mol. The Bertz CT molecular complexity index is 1040. The molecule has 1 amide bonds. The van der Waals surface area contributed by atoms with Gasteiger partial charge in [-0.2, -0.15) is 4.31 Å². The van der Waals surface area contributed by atoms with Gasteiger partial charge in [-0.3, -0.25) is 4.79 Å². The number of likely N-dealkylation sites (N-methyl/N-ethyl adjacent to an activating group) is 1. The van der Waals surface area contributed by atoms with Crippen LogP contribution in [0.3, 0.4) is 0 Å². The van der Waals surface area contributed by atoms with Crippen molar-refractivity contribution >= 4 is 33.2 Å². The van der Waals surface area contributed by atoms with Crippen molar-refractivity contribution in [3.05, 3.63) is 53.3 Å². The van der Waals surface area contributed by atoms with Gasteiger partial charge in [-0.1, -0.05) is 24.6 Å². The maximum absolute atomic E-state index is 13.7. The van der Waals surface area contributed by atoms with Crippen LogP contribution >= 0.6 is 11.6 Å². The summed E-state index contributed by atoms with van der Waals surface area (Å²) >= 11 is 6.06. The molecule has 0 bridgehead atoms. The van der Waals surface area contributed by atoms with Crippen molar-refractivity contribution in [3.63, 3.8) is 0 Å². The van der Waals surface area contributed by atoms with E-state index in [1.54, 1.807) is 17.9 Å². The minimum atomic E-state index is -4.11. The summed E-state index contributed by atoms with van der Waals surface area (Å²) in [5.41, 5.74) is 0.982. The van der Waals surface area contributed by atoms with Crippen LogP contribution in [0.15, 0.2) is 47.4 Å². The second-order valence-electron chi connectivity index (χ2n) is 7.07. The Labute approximate surface area is 187 Å². The van der Waals surface area contributed by atoms with E-state index in [1.165, 1.54) is 13.2 Å². The van der Waals surface area contributed by atoms with Crippen LogP contribution in [0.4, 0.5) is 10.1 Å². The Hall–Kier alpha value is -2.36. The highest BCUT2D eigenvalue weighted by Gasteiger charge is 2.31. The van der Waals surface area contributed by atoms with E-state index in [-0.39, 0.29) is 29.6 Å². The fourth-order valence-corrected chi connectivity index (χ4v) is 5.25. The van der Waals surface area contributed by atoms with E-state index >= 15 is 0 Å². The highest BCUT2D eigenvalue weighted by molar-refractivity contribution is 7.89. The summed E-state index contributed by atoms with van der Waals surface area (Å²) in [7, 11) is -2.80. The van der Waals surface area contributed by atoms with Crippen LogP contribution in [0, 0.1) is 5.82 Å². The van der Waals surface area contributed by atoms with E-state index in [0.717, 1.165) is 22.1 Å². The number of amides is 1. The summed E-state index contributed by atoms with van der Waals surface area (Å²) in [5, 5.41) is 0.646. The van der Waals surface area contributed by atoms with Crippen LogP contribution in [-0.2, 0) is 14.8 Å². The number of sulfonamides is 1. The number of methoxy groups -OCH3 is 1. The zero-order chi connectivity index (χ0) is 22.6. The number of piperazine rings is 1. The van der Waals surface area contributed by atoms with Gasteiger partial charge in [0.05, 0.1) is 13.7 Å². The maximum atomic E-state index is 13.7. The van der Waals surface area contributed by atoms with Gasteiger partial charge in [-0.25, -0.2) is 12.8 Å². The summed E-state index contributed by atoms with van der Waals surface area (Å²) in [6.07, 6.45) is 0. The molecular weight excluding hydrogens is 445 g/mol. The maximum Gasteiger partial charge on any atom is 0.247 e. The number of carbonyl (C=O) groups excluding carboxylic acids is 1. The first-order valence-corrected chi connectivity index (χ1v) is 11.7. The molecule has 168 valence electrons. The van der Waals surface area contributed by atoms with Crippen LogP contribution in [0.25, 0.3) is 0 Å². The number of hydrogen-bond donors (Lipinski definition) is 0. The van der Waals surface area contributed by atoms with Crippen molar-refractivity contribution in [1.82, 2.24) is 9.21 Å². The molecule has 3 rings (SSSR count). The van der Waals surface area contributed by atoms with Gasteiger partial charge in [0, 0.05) is 43.4 Å². The summed E-state index contributed by atoms with van der Waals surface area (Å²) in [5.74, 6) is -0.965. The molecule has 1 heterocycles. The highest BCUT2D eigenvalue weighted by Crippen LogP contribution is 2.27. The number of benzene rings is 2. The van der Waals surface area contributed by atoms with E-state index in [0.29, 0.717) is 31.2 Å². The van der Waals surface area contributed by atoms with Crippen LogP contribution in [0.2, 0.25) is 5.02 Å². The summed E-state index contributed by atoms with van der Waals surface area (Å²) in [6, 6.07) is 10.8. The van der Waals surface area contributed by atoms with E-state index in [2.05, 4.69) is 4.90 Å². The van der Waals surface area contributed by atoms with Gasteiger partial charge in [0.2, 0.25) is 15.9 Å². The van der Waals surface area contributed by atoms with Crippen molar-refractivity contribution in [3.8, 4) is 5.75 Å². The highest BCUT2D eigenvalue weighted by atomic mass is 35.5. The first-order chi connectivity index (χ1) is 14.8. The van der Waals surface area contributed by atoms with Gasteiger partial charge < -0.3 is 14.5 Å². The monoisotopic (exact) mass is 469 g/mol. The summed E-state index contributed by atoms with van der Waals surface area (Å²) < 4.78 is 46.0. The molecule has 7 nitrogen and oxygen atoms in total. The number of halogens is 2. The Kier molecular flexibility index (Phi) is 7.40. The van der Waals surface area contributed by atoms with Crippen LogP contribution < -0.4 is 9.64 Å². The van der Waals surface area contributed by atoms with Crippen LogP contribution in [0.5, 0.6) is 5.75 Å². The lowest BCUT2D eigenvalue weighted by atomic mass is 10.2. The fourth-order valence-electron chi connectivity index (χ4n) is 3.50. The lowest BCUT2D eigenvalue weighted by Crippen LogP contribution is -2.51. The average Bonchev–Trinajstić information content (AvgIpc) is 2.77. The topological polar surface area (TPSA) is 70.2 Å². The van der Waals surface area contributed by atoms with Crippen molar-refractivity contribution in [2.45, 2.75) is 11.8 Å². The zero-order valence-electron chi connectivity index (χ0n) is 17.4. The van der Waals surface area contributed by atoms with E-state index in [9.17, 15) is 17.6 Å². The van der Waals surface area contributed by atoms with Gasteiger partial charge in [-0.15, -0.1) is 0 Å². The third kappa shape index (κ3) is 5.28. The molecule has 2 aromatic rings. The number of nitrogens with zero attached hydrogens (tertiary/aromatic N) is 3. The summed E-state index contributed by atoms with van der Waals surface area (Å²) in [6.45, 7) is 3.53. The number of rotatable bonds is 7. The van der Waals surface area contributed by atoms with Gasteiger partial charge in [0.25, 0.3) is 0 Å². The Morgan fingerprint density at radius 1 is 1.16 bits per heavy atom. The third-order valence-corrected chi connectivity index (χ3v) is 7.39. The SMILES string of the molecule is CCN(CC(=O)N1CCN(c2cccc(Cl)c2)CC1)S(=O)(=O)c1cc(F)ccc1OC. The Morgan fingerprint density at radius 2 is 1.87 bits per heavy atom. The van der Waals surface area contributed by atoms with Crippen LogP contribution in [-0.4, -0.2) is 69.9 Å². The van der Waals surface area contributed by atoms with Crippen molar-refractivity contribution in [2.75, 3.05) is 51.3 Å². The van der Waals surface area contributed by atoms with Gasteiger partial charge in [0.1, 0.15) is 16.5 Å². The molecule has 31 heavy (non-hydrogen) atoms. The molecule has 0 saturated carbocycles. The summed E-state index contributed by atoms with van der Waals surface area (Å²) in [4.78, 5) is 16.3. The third-order valence-electron chi connectivity index (χ3n) is 5.21. The molecule has 10 heteroatoms. The number of ether oxygens (including phenoxy) is 1. The normalized spacial score (nSPS) is 14.7. The standard InChI is InChI=1S/C21H25ClFN3O4S/c1-3-26(31(28,29)20-14-17(23)7-8-19(20)30-2)15-21(27)25-11-9-24(10-12-25)18-6-4-5-16(22)13-18/h4-8,13-14H,3,9-12,15H2,1-2H3. The van der Waals surface area contributed by atoms with Crippen molar-refractivity contribution in [2.24, 2.45) is 0 Å². The molecule has 0 spiro atoms. The quantitative estimate of drug-likeness (QED) is 0.623. The van der Waals surface area contributed by atoms with Crippen molar-refractivity contribution in [1.29, 1.82) is 0 Å². The molecule has 1 saturated heterocycles.